The van der Waals surface area contributed by atoms with Crippen LogP contribution in [0.25, 0.3) is 0 Å². The molecule has 2 unspecified atom stereocenters. The van der Waals surface area contributed by atoms with E-state index in [-0.39, 0.29) is 18.5 Å². The van der Waals surface area contributed by atoms with Gasteiger partial charge in [-0.05, 0) is 57.8 Å². The van der Waals surface area contributed by atoms with Gasteiger partial charge >= 0.3 is 5.97 Å². The molecule has 0 heterocycles. The van der Waals surface area contributed by atoms with Crippen molar-refractivity contribution in [1.29, 1.82) is 0 Å². The number of carbonyl (C=O) groups excluding carboxylic acids is 2. The van der Waals surface area contributed by atoms with Gasteiger partial charge in [0.2, 0.25) is 5.91 Å². The lowest BCUT2D eigenvalue weighted by Crippen LogP contribution is -2.45. The number of carbonyl (C=O) groups is 2. The first-order valence-electron chi connectivity index (χ1n) is 39.1. The molecular formula is C79H153NO5. The van der Waals surface area contributed by atoms with Gasteiger partial charge in [0, 0.05) is 12.8 Å². The number of aliphatic hydroxyl groups excluding tert-OH is 2. The fourth-order valence-corrected chi connectivity index (χ4v) is 12.5. The summed E-state index contributed by atoms with van der Waals surface area (Å²) in [5.41, 5.74) is 0. The summed E-state index contributed by atoms with van der Waals surface area (Å²) in [5, 5.41) is 23.2. The molecule has 0 aliphatic carbocycles. The zero-order valence-electron chi connectivity index (χ0n) is 57.9. The molecule has 0 aliphatic heterocycles. The van der Waals surface area contributed by atoms with E-state index in [0.717, 1.165) is 44.9 Å². The molecule has 0 radical (unpaired) electrons. The Balaban J connectivity index is 3.30. The van der Waals surface area contributed by atoms with Gasteiger partial charge in [0.25, 0.3) is 0 Å². The first-order valence-corrected chi connectivity index (χ1v) is 39.1. The van der Waals surface area contributed by atoms with Crippen LogP contribution in [0.5, 0.6) is 0 Å². The van der Waals surface area contributed by atoms with Crippen LogP contribution in [0.1, 0.15) is 444 Å². The van der Waals surface area contributed by atoms with Gasteiger partial charge in [-0.3, -0.25) is 9.59 Å². The van der Waals surface area contributed by atoms with Gasteiger partial charge < -0.3 is 20.3 Å². The number of esters is 1. The van der Waals surface area contributed by atoms with E-state index >= 15 is 0 Å². The highest BCUT2D eigenvalue weighted by molar-refractivity contribution is 5.76. The predicted octanol–water partition coefficient (Wildman–Crippen LogP) is 25.7. The summed E-state index contributed by atoms with van der Waals surface area (Å²) in [4.78, 5) is 24.6. The summed E-state index contributed by atoms with van der Waals surface area (Å²) in [6.45, 7) is 4.94. The van der Waals surface area contributed by atoms with Gasteiger partial charge in [-0.2, -0.15) is 0 Å². The molecule has 0 spiro atoms. The van der Waals surface area contributed by atoms with Gasteiger partial charge in [0.05, 0.1) is 25.4 Å². The summed E-state index contributed by atoms with van der Waals surface area (Å²) in [7, 11) is 0. The first-order chi connectivity index (χ1) is 42.0. The molecule has 504 valence electrons. The van der Waals surface area contributed by atoms with Crippen LogP contribution >= 0.6 is 0 Å². The Morgan fingerprint density at radius 2 is 0.553 bits per heavy atom. The fraction of sp³-hybridized carbons (Fsp3) is 0.924. The van der Waals surface area contributed by atoms with E-state index in [4.69, 9.17) is 4.74 Å². The molecule has 3 N–H and O–H groups in total. The summed E-state index contributed by atoms with van der Waals surface area (Å²) < 4.78 is 5.50. The molecule has 6 nitrogen and oxygen atoms in total. The van der Waals surface area contributed by atoms with Crippen molar-refractivity contribution in [3.05, 3.63) is 24.3 Å². The maximum absolute atomic E-state index is 12.5. The van der Waals surface area contributed by atoms with Crippen LogP contribution in [0.3, 0.4) is 0 Å². The van der Waals surface area contributed by atoms with Crippen LogP contribution in [-0.2, 0) is 14.3 Å². The molecule has 2 atom stereocenters. The molecule has 0 bridgehead atoms. The molecule has 0 saturated carbocycles. The van der Waals surface area contributed by atoms with E-state index in [1.807, 2.05) is 6.08 Å². The standard InChI is InChI=1S/C79H153NO5/c1-3-5-7-9-11-13-15-17-19-45-49-53-57-61-65-69-73-79(84)85-74-70-66-62-58-54-50-46-42-40-38-36-34-32-30-28-26-24-22-20-21-23-25-27-29-31-33-35-37-39-41-44-48-52-56-60-64-68-72-78(83)80-76(75-81)77(82)71-67-63-59-55-51-47-43-18-16-14-12-10-8-6-4-2/h19,45,67,71,76-77,81-82H,3-18,20-44,46-66,68-70,72-75H2,1-2H3,(H,80,83)/b45-19-,71-67+. The maximum Gasteiger partial charge on any atom is 0.305 e. The third kappa shape index (κ3) is 71.3. The Hall–Kier alpha value is -1.66. The Kier molecular flexibility index (Phi) is 73.3. The normalized spacial score (nSPS) is 12.6. The van der Waals surface area contributed by atoms with Crippen molar-refractivity contribution in [2.45, 2.75) is 456 Å². The lowest BCUT2D eigenvalue weighted by molar-refractivity contribution is -0.143. The minimum absolute atomic E-state index is 0.0166. The zero-order chi connectivity index (χ0) is 61.3. The fourth-order valence-electron chi connectivity index (χ4n) is 12.5. The highest BCUT2D eigenvalue weighted by Gasteiger charge is 2.18. The lowest BCUT2D eigenvalue weighted by Gasteiger charge is -2.20. The average Bonchev–Trinajstić information content (AvgIpc) is 3.52. The second-order valence-corrected chi connectivity index (χ2v) is 27.0. The molecule has 0 aromatic rings. The summed E-state index contributed by atoms with van der Waals surface area (Å²) in [6.07, 6.45) is 95.9. The van der Waals surface area contributed by atoms with Crippen molar-refractivity contribution in [2.75, 3.05) is 13.2 Å². The second-order valence-electron chi connectivity index (χ2n) is 27.0. The Labute approximate surface area is 532 Å². The highest BCUT2D eigenvalue weighted by atomic mass is 16.5. The molecular weight excluding hydrogens is 1040 g/mol. The molecule has 0 aliphatic rings. The summed E-state index contributed by atoms with van der Waals surface area (Å²) >= 11 is 0. The van der Waals surface area contributed by atoms with Crippen molar-refractivity contribution >= 4 is 11.9 Å². The van der Waals surface area contributed by atoms with Gasteiger partial charge in [-0.25, -0.2) is 0 Å². The third-order valence-corrected chi connectivity index (χ3v) is 18.5. The first kappa shape index (κ1) is 83.3. The molecule has 0 aromatic carbocycles. The van der Waals surface area contributed by atoms with Crippen molar-refractivity contribution in [1.82, 2.24) is 5.32 Å². The van der Waals surface area contributed by atoms with Crippen molar-refractivity contribution in [2.24, 2.45) is 0 Å². The van der Waals surface area contributed by atoms with Crippen LogP contribution < -0.4 is 5.32 Å². The average molecular weight is 1200 g/mol. The lowest BCUT2D eigenvalue weighted by atomic mass is 10.0. The van der Waals surface area contributed by atoms with Crippen LogP contribution in [0, 0.1) is 0 Å². The number of rotatable bonds is 74. The summed E-state index contributed by atoms with van der Waals surface area (Å²) in [5.74, 6) is -0.0426. The smallest absolute Gasteiger partial charge is 0.305 e. The van der Waals surface area contributed by atoms with E-state index in [1.54, 1.807) is 6.08 Å². The van der Waals surface area contributed by atoms with Crippen LogP contribution in [0.4, 0.5) is 0 Å². The van der Waals surface area contributed by atoms with Crippen LogP contribution in [0.15, 0.2) is 24.3 Å². The summed E-state index contributed by atoms with van der Waals surface area (Å²) in [6, 6.07) is -0.623. The second kappa shape index (κ2) is 74.8. The topological polar surface area (TPSA) is 95.9 Å². The Morgan fingerprint density at radius 1 is 0.318 bits per heavy atom. The van der Waals surface area contributed by atoms with E-state index in [2.05, 4.69) is 31.3 Å². The predicted molar refractivity (Wildman–Crippen MR) is 375 cm³/mol. The number of ether oxygens (including phenoxy) is 1. The highest BCUT2D eigenvalue weighted by Crippen LogP contribution is 2.20. The number of hydrogen-bond donors (Lipinski definition) is 3. The Morgan fingerprint density at radius 3 is 0.835 bits per heavy atom. The molecule has 0 fully saturated rings. The van der Waals surface area contributed by atoms with Crippen LogP contribution in [-0.4, -0.2) is 47.4 Å². The number of hydrogen-bond acceptors (Lipinski definition) is 5. The van der Waals surface area contributed by atoms with Crippen molar-refractivity contribution < 1.29 is 24.5 Å². The quantitative estimate of drug-likeness (QED) is 0.0320. The molecule has 85 heavy (non-hydrogen) atoms. The number of allylic oxidation sites excluding steroid dienone is 3. The minimum atomic E-state index is -0.840. The third-order valence-electron chi connectivity index (χ3n) is 18.5. The number of aliphatic hydroxyl groups is 2. The maximum atomic E-state index is 12.5. The van der Waals surface area contributed by atoms with E-state index in [0.29, 0.717) is 19.4 Å². The minimum Gasteiger partial charge on any atom is -0.466 e. The molecule has 1 amide bonds. The SMILES string of the molecule is CCCCCCCCC/C=C\CCCCCCCC(=O)OCCCCCCCCCCCCCCCCCCCCCCCCCCCCCCCCCCCCCCCC(=O)NC(CO)C(O)/C=C/CCCCCCCCCCCCCCC. The molecule has 0 rings (SSSR count). The molecule has 0 saturated heterocycles. The van der Waals surface area contributed by atoms with Crippen molar-refractivity contribution in [3.63, 3.8) is 0 Å². The Bertz CT molecular complexity index is 1330. The van der Waals surface area contributed by atoms with Gasteiger partial charge in [0.15, 0.2) is 0 Å². The van der Waals surface area contributed by atoms with Crippen LogP contribution in [0.2, 0.25) is 0 Å². The zero-order valence-corrected chi connectivity index (χ0v) is 57.9. The van der Waals surface area contributed by atoms with Gasteiger partial charge in [-0.1, -0.05) is 398 Å². The number of unbranched alkanes of at least 4 members (excludes halogenated alkanes) is 61. The number of nitrogens with one attached hydrogen (secondary N) is 1. The van der Waals surface area contributed by atoms with Gasteiger partial charge in [0.1, 0.15) is 0 Å². The molecule has 0 aromatic heterocycles. The largest absolute Gasteiger partial charge is 0.466 e. The van der Waals surface area contributed by atoms with Gasteiger partial charge in [-0.15, -0.1) is 0 Å². The van der Waals surface area contributed by atoms with Crippen molar-refractivity contribution in [3.8, 4) is 0 Å². The molecule has 6 heteroatoms. The van der Waals surface area contributed by atoms with E-state index in [1.165, 1.54) is 372 Å². The van der Waals surface area contributed by atoms with E-state index in [9.17, 15) is 19.8 Å². The monoisotopic (exact) mass is 1200 g/mol. The van der Waals surface area contributed by atoms with E-state index < -0.39 is 12.1 Å². The number of amides is 1.